The molecule has 1 atom stereocenters. The summed E-state index contributed by atoms with van der Waals surface area (Å²) in [7, 11) is 0. The van der Waals surface area contributed by atoms with Crippen molar-refractivity contribution in [3.05, 3.63) is 36.2 Å². The van der Waals surface area contributed by atoms with Crippen LogP contribution in [0.5, 0.6) is 0 Å². The first-order valence-corrected chi connectivity index (χ1v) is 8.16. The number of furan rings is 1. The molecule has 108 valence electrons. The van der Waals surface area contributed by atoms with E-state index >= 15 is 0 Å². The molecule has 0 aliphatic carbocycles. The van der Waals surface area contributed by atoms with Crippen molar-refractivity contribution in [2.75, 3.05) is 18.1 Å². The Hall–Kier alpha value is -1.79. The molecule has 0 amide bonds. The van der Waals surface area contributed by atoms with Gasteiger partial charge < -0.3 is 14.3 Å². The average molecular weight is 301 g/mol. The first-order valence-electron chi connectivity index (χ1n) is 7.01. The molecule has 5 nitrogen and oxygen atoms in total. The number of hydrogen-bond acceptors (Lipinski definition) is 6. The molecule has 1 saturated heterocycles. The van der Waals surface area contributed by atoms with Gasteiger partial charge in [-0.2, -0.15) is 16.7 Å². The summed E-state index contributed by atoms with van der Waals surface area (Å²) in [5, 5.41) is 8.54. The maximum absolute atomic E-state index is 5.75. The van der Waals surface area contributed by atoms with Crippen LogP contribution in [0.4, 0.5) is 0 Å². The molecule has 2 aromatic heterocycles. The second-order valence-electron chi connectivity index (χ2n) is 5.09. The van der Waals surface area contributed by atoms with Gasteiger partial charge in [0, 0.05) is 35.9 Å². The number of nitrogens with zero attached hydrogens (tertiary/aromatic N) is 2. The molecule has 21 heavy (non-hydrogen) atoms. The summed E-state index contributed by atoms with van der Waals surface area (Å²) in [5.41, 5.74) is 0.837. The van der Waals surface area contributed by atoms with Crippen molar-refractivity contribution in [2.45, 2.75) is 12.5 Å². The Morgan fingerprint density at radius 3 is 3.14 bits per heavy atom. The quantitative estimate of drug-likeness (QED) is 0.802. The molecule has 0 saturated carbocycles. The molecule has 1 fully saturated rings. The monoisotopic (exact) mass is 301 g/mol. The van der Waals surface area contributed by atoms with Gasteiger partial charge in [-0.1, -0.05) is 23.4 Å². The van der Waals surface area contributed by atoms with Gasteiger partial charge in [-0.25, -0.2) is 0 Å². The summed E-state index contributed by atoms with van der Waals surface area (Å²) in [6.07, 6.45) is 0.764. The highest BCUT2D eigenvalue weighted by Gasteiger charge is 2.19. The summed E-state index contributed by atoms with van der Waals surface area (Å²) in [6.45, 7) is 1.04. The second-order valence-corrected chi connectivity index (χ2v) is 6.24. The number of nitrogens with one attached hydrogen (secondary N) is 1. The number of fused-ring (bicyclic) bond motifs is 1. The van der Waals surface area contributed by atoms with Crippen molar-refractivity contribution in [3.63, 3.8) is 0 Å². The lowest BCUT2D eigenvalue weighted by Gasteiger charge is -2.21. The predicted molar refractivity (Wildman–Crippen MR) is 82.3 cm³/mol. The second kappa shape index (κ2) is 5.54. The number of hydrogen-bond donors (Lipinski definition) is 1. The molecule has 1 unspecified atom stereocenters. The zero-order valence-corrected chi connectivity index (χ0v) is 12.2. The van der Waals surface area contributed by atoms with E-state index in [1.54, 1.807) is 0 Å². The number of thioether (sulfide) groups is 1. The van der Waals surface area contributed by atoms with Crippen LogP contribution < -0.4 is 5.32 Å². The fourth-order valence-electron chi connectivity index (χ4n) is 2.49. The highest BCUT2D eigenvalue weighted by Crippen LogP contribution is 2.25. The van der Waals surface area contributed by atoms with Crippen LogP contribution in [0.25, 0.3) is 22.6 Å². The molecule has 4 rings (SSSR count). The highest BCUT2D eigenvalue weighted by molar-refractivity contribution is 7.99. The number of benzene rings is 1. The minimum Gasteiger partial charge on any atom is -0.453 e. The van der Waals surface area contributed by atoms with Crippen LogP contribution in [-0.2, 0) is 6.42 Å². The fraction of sp³-hybridized carbons (Fsp3) is 0.333. The minimum absolute atomic E-state index is 0.410. The lowest BCUT2D eigenvalue weighted by molar-refractivity contribution is 0.362. The van der Waals surface area contributed by atoms with E-state index in [2.05, 4.69) is 15.5 Å². The van der Waals surface area contributed by atoms with Gasteiger partial charge in [0.1, 0.15) is 5.58 Å². The van der Waals surface area contributed by atoms with Crippen LogP contribution in [0, 0.1) is 0 Å². The molecule has 6 heteroatoms. The Bertz CT molecular complexity index is 713. The fourth-order valence-corrected chi connectivity index (χ4v) is 3.44. The summed E-state index contributed by atoms with van der Waals surface area (Å²) in [5.74, 6) is 4.08. The first-order chi connectivity index (χ1) is 10.4. The van der Waals surface area contributed by atoms with Gasteiger partial charge in [0.2, 0.25) is 11.7 Å². The van der Waals surface area contributed by atoms with Crippen molar-refractivity contribution in [1.29, 1.82) is 0 Å². The SMILES string of the molecule is c1ccc2oc(-c3noc(CC4CSCCN4)n3)cc2c1. The minimum atomic E-state index is 0.410. The molecule has 0 bridgehead atoms. The van der Waals surface area contributed by atoms with Gasteiger partial charge >= 0.3 is 0 Å². The van der Waals surface area contributed by atoms with E-state index in [4.69, 9.17) is 8.94 Å². The third-order valence-corrected chi connectivity index (χ3v) is 4.66. The first kappa shape index (κ1) is 12.9. The summed E-state index contributed by atoms with van der Waals surface area (Å²) in [4.78, 5) is 4.45. The number of para-hydroxylation sites is 1. The van der Waals surface area contributed by atoms with E-state index in [1.165, 1.54) is 5.75 Å². The third kappa shape index (κ3) is 2.69. The van der Waals surface area contributed by atoms with Gasteiger partial charge in [-0.3, -0.25) is 0 Å². The van der Waals surface area contributed by atoms with Crippen LogP contribution in [0.15, 0.2) is 39.3 Å². The predicted octanol–water partition coefficient (Wildman–Crippen LogP) is 2.73. The Labute approximate surface area is 126 Å². The van der Waals surface area contributed by atoms with Crippen LogP contribution in [0.1, 0.15) is 5.89 Å². The van der Waals surface area contributed by atoms with Gasteiger partial charge in [0.15, 0.2) is 5.76 Å². The molecule has 0 radical (unpaired) electrons. The van der Waals surface area contributed by atoms with Gasteiger partial charge in [0.25, 0.3) is 0 Å². The third-order valence-electron chi connectivity index (χ3n) is 3.53. The molecule has 0 spiro atoms. The summed E-state index contributed by atoms with van der Waals surface area (Å²) in [6, 6.07) is 10.2. The lowest BCUT2D eigenvalue weighted by Crippen LogP contribution is -2.38. The summed E-state index contributed by atoms with van der Waals surface area (Å²) >= 11 is 1.96. The van der Waals surface area contributed by atoms with Crippen LogP contribution in [-0.4, -0.2) is 34.2 Å². The van der Waals surface area contributed by atoms with Crippen LogP contribution in [0.3, 0.4) is 0 Å². The Morgan fingerprint density at radius 2 is 2.29 bits per heavy atom. The molecule has 3 aromatic rings. The van der Waals surface area contributed by atoms with E-state index in [0.29, 0.717) is 23.5 Å². The van der Waals surface area contributed by atoms with Gasteiger partial charge in [0.05, 0.1) is 0 Å². The number of aromatic nitrogens is 2. The van der Waals surface area contributed by atoms with Crippen molar-refractivity contribution >= 4 is 22.7 Å². The van der Waals surface area contributed by atoms with Gasteiger partial charge in [-0.05, 0) is 12.1 Å². The standard InChI is InChI=1S/C15H15N3O2S/c1-2-4-12-10(3-1)7-13(19-12)15-17-14(20-18-15)8-11-9-21-6-5-16-11/h1-4,7,11,16H,5-6,8-9H2. The van der Waals surface area contributed by atoms with E-state index in [-0.39, 0.29) is 0 Å². The Balaban J connectivity index is 1.55. The zero-order valence-electron chi connectivity index (χ0n) is 11.4. The maximum atomic E-state index is 5.75. The van der Waals surface area contributed by atoms with Crippen molar-refractivity contribution in [2.24, 2.45) is 0 Å². The van der Waals surface area contributed by atoms with E-state index < -0.39 is 0 Å². The van der Waals surface area contributed by atoms with Crippen molar-refractivity contribution < 1.29 is 8.94 Å². The number of rotatable bonds is 3. The average Bonchev–Trinajstić information content (AvgIpc) is 3.14. The van der Waals surface area contributed by atoms with E-state index in [9.17, 15) is 0 Å². The van der Waals surface area contributed by atoms with Gasteiger partial charge in [-0.15, -0.1) is 0 Å². The molecule has 1 aliphatic rings. The van der Waals surface area contributed by atoms with Crippen LogP contribution >= 0.6 is 11.8 Å². The molecule has 3 heterocycles. The largest absolute Gasteiger partial charge is 0.453 e. The van der Waals surface area contributed by atoms with Crippen molar-refractivity contribution in [1.82, 2.24) is 15.5 Å². The molecular weight excluding hydrogens is 286 g/mol. The van der Waals surface area contributed by atoms with Crippen LogP contribution in [0.2, 0.25) is 0 Å². The molecule has 1 N–H and O–H groups in total. The van der Waals surface area contributed by atoms with E-state index in [1.807, 2.05) is 42.1 Å². The topological polar surface area (TPSA) is 64.1 Å². The molecular formula is C15H15N3O2S. The normalized spacial score (nSPS) is 19.1. The lowest BCUT2D eigenvalue weighted by atomic mass is 10.2. The molecule has 1 aliphatic heterocycles. The molecule has 1 aromatic carbocycles. The Morgan fingerprint density at radius 1 is 1.33 bits per heavy atom. The summed E-state index contributed by atoms with van der Waals surface area (Å²) < 4.78 is 11.1. The Kier molecular flexibility index (Phi) is 3.40. The van der Waals surface area contributed by atoms with E-state index in [0.717, 1.165) is 29.7 Å². The van der Waals surface area contributed by atoms with Crippen molar-refractivity contribution in [3.8, 4) is 11.6 Å². The maximum Gasteiger partial charge on any atom is 0.238 e. The zero-order chi connectivity index (χ0) is 14.1. The highest BCUT2D eigenvalue weighted by atomic mass is 32.2. The smallest absolute Gasteiger partial charge is 0.238 e.